The van der Waals surface area contributed by atoms with Crippen LogP contribution in [-0.2, 0) is 16.6 Å². The molecule has 0 amide bonds. The average molecular weight is 257 g/mol. The van der Waals surface area contributed by atoms with Gasteiger partial charge in [-0.3, -0.25) is 9.19 Å². The van der Waals surface area contributed by atoms with Crippen LogP contribution in [0.3, 0.4) is 0 Å². The van der Waals surface area contributed by atoms with Crippen LogP contribution in [-0.4, -0.2) is 14.7 Å². The van der Waals surface area contributed by atoms with Gasteiger partial charge < -0.3 is 0 Å². The molecule has 3 rings (SSSR count). The van der Waals surface area contributed by atoms with Crippen LogP contribution in [0.2, 0.25) is 0 Å². The van der Waals surface area contributed by atoms with Gasteiger partial charge in [0.15, 0.2) is 0 Å². The maximum atomic E-state index is 12.2. The summed E-state index contributed by atoms with van der Waals surface area (Å²) in [6.45, 7) is 0. The Labute approximate surface area is 107 Å². The summed E-state index contributed by atoms with van der Waals surface area (Å²) in [6, 6.07) is 13.2. The molecule has 90 valence electrons. The molecule has 18 heavy (non-hydrogen) atoms. The van der Waals surface area contributed by atoms with Crippen molar-refractivity contribution in [3.8, 4) is 0 Å². The van der Waals surface area contributed by atoms with Crippen molar-refractivity contribution in [2.24, 2.45) is 9.98 Å². The van der Waals surface area contributed by atoms with Crippen molar-refractivity contribution < 1.29 is 4.21 Å². The minimum Gasteiger partial charge on any atom is -0.260 e. The first-order valence-electron chi connectivity index (χ1n) is 5.61. The molecule has 0 fully saturated rings. The second-order valence-electron chi connectivity index (χ2n) is 3.92. The van der Waals surface area contributed by atoms with Gasteiger partial charge in [0.1, 0.15) is 0 Å². The van der Waals surface area contributed by atoms with Crippen LogP contribution in [0, 0.1) is 0 Å². The van der Waals surface area contributed by atoms with Gasteiger partial charge in [0.25, 0.3) is 0 Å². The lowest BCUT2D eigenvalue weighted by atomic mass is 10.3. The number of aromatic nitrogens is 1. The third kappa shape index (κ3) is 2.22. The van der Waals surface area contributed by atoms with E-state index in [-0.39, 0.29) is 0 Å². The summed E-state index contributed by atoms with van der Waals surface area (Å²) in [4.78, 5) is 12.9. The van der Waals surface area contributed by atoms with Gasteiger partial charge in [-0.15, -0.1) is 0 Å². The first kappa shape index (κ1) is 11.2. The Morgan fingerprint density at radius 2 is 1.67 bits per heavy atom. The molecular formula is C13H11N3OS. The van der Waals surface area contributed by atoms with Crippen LogP contribution in [0.1, 0.15) is 5.69 Å². The Kier molecular flexibility index (Phi) is 2.98. The van der Waals surface area contributed by atoms with Crippen LogP contribution in [0.4, 0.5) is 0 Å². The van der Waals surface area contributed by atoms with Crippen molar-refractivity contribution in [1.82, 2.24) is 4.98 Å². The fourth-order valence-electron chi connectivity index (χ4n) is 1.77. The molecule has 0 saturated carbocycles. The molecule has 0 aliphatic carbocycles. The molecule has 1 aliphatic heterocycles. The second-order valence-corrected chi connectivity index (χ2v) is 5.39. The number of fused-ring (bicyclic) bond motifs is 1. The maximum Gasteiger partial charge on any atom is 0.216 e. The Hall–Kier alpha value is -1.88. The van der Waals surface area contributed by atoms with Crippen molar-refractivity contribution in [2.75, 3.05) is 0 Å². The summed E-state index contributed by atoms with van der Waals surface area (Å²) in [5.74, 6) is 0.381. The first-order chi connectivity index (χ1) is 8.83. The highest BCUT2D eigenvalue weighted by Crippen LogP contribution is 2.07. The Balaban J connectivity index is 1.82. The highest BCUT2D eigenvalue weighted by molar-refractivity contribution is 7.84. The molecule has 1 unspecified atom stereocenters. The van der Waals surface area contributed by atoms with Gasteiger partial charge in [0, 0.05) is 6.20 Å². The van der Waals surface area contributed by atoms with Crippen molar-refractivity contribution >= 4 is 10.8 Å². The molecule has 1 aromatic carbocycles. The summed E-state index contributed by atoms with van der Waals surface area (Å²) in [6.07, 6.45) is 1.70. The van der Waals surface area contributed by atoms with E-state index in [2.05, 4.69) is 15.0 Å². The number of hydrogen-bond acceptors (Lipinski definition) is 4. The van der Waals surface area contributed by atoms with Crippen LogP contribution in [0.25, 0.3) is 0 Å². The Morgan fingerprint density at radius 1 is 1.00 bits per heavy atom. The predicted molar refractivity (Wildman–Crippen MR) is 68.6 cm³/mol. The molecule has 4 nitrogen and oxygen atoms in total. The van der Waals surface area contributed by atoms with E-state index in [0.29, 0.717) is 5.75 Å². The van der Waals surface area contributed by atoms with E-state index in [1.54, 1.807) is 6.20 Å². The lowest BCUT2D eigenvalue weighted by Crippen LogP contribution is -2.19. The third-order valence-electron chi connectivity index (χ3n) is 2.63. The van der Waals surface area contributed by atoms with Crippen molar-refractivity contribution in [3.63, 3.8) is 0 Å². The number of pyridine rings is 1. The number of rotatable bonds is 3. The molecule has 1 atom stereocenters. The number of hydrogen-bond donors (Lipinski definition) is 0. The summed E-state index contributed by atoms with van der Waals surface area (Å²) in [7, 11) is -1.17. The zero-order valence-electron chi connectivity index (χ0n) is 9.56. The normalized spacial score (nSPS) is 15.6. The summed E-state index contributed by atoms with van der Waals surface area (Å²) in [5.41, 5.74) is 0.307. The fraction of sp³-hybridized carbons (Fsp3) is 0.154. The molecule has 0 spiro atoms. The maximum absolute atomic E-state index is 12.2. The van der Waals surface area contributed by atoms with Gasteiger partial charge in [0.2, 0.25) is 5.50 Å². The molecule has 0 radical (unpaired) electrons. The Morgan fingerprint density at radius 3 is 2.28 bits per heavy atom. The second kappa shape index (κ2) is 4.78. The molecule has 2 heterocycles. The van der Waals surface area contributed by atoms with E-state index in [4.69, 9.17) is 0 Å². The van der Waals surface area contributed by atoms with Gasteiger partial charge in [0.05, 0.1) is 33.0 Å². The van der Waals surface area contributed by atoms with Gasteiger partial charge in [-0.1, -0.05) is 18.2 Å². The predicted octanol–water partition coefficient (Wildman–Crippen LogP) is 0.567. The van der Waals surface area contributed by atoms with Crippen LogP contribution in [0.5, 0.6) is 0 Å². The number of nitrogens with zero attached hydrogens (tertiary/aromatic N) is 3. The van der Waals surface area contributed by atoms with Crippen LogP contribution >= 0.6 is 0 Å². The van der Waals surface area contributed by atoms with E-state index in [1.165, 1.54) is 0 Å². The minimum absolute atomic E-state index is 0.381. The highest BCUT2D eigenvalue weighted by Gasteiger charge is 2.17. The summed E-state index contributed by atoms with van der Waals surface area (Å²) >= 11 is 0. The zero-order chi connectivity index (χ0) is 12.4. The molecule has 1 aromatic heterocycles. The van der Waals surface area contributed by atoms with Crippen LogP contribution in [0.15, 0.2) is 58.6 Å². The SMILES string of the molecule is O=S(Cc1ccccn1)C1N=c2ccccc2=N1. The molecule has 0 saturated heterocycles. The smallest absolute Gasteiger partial charge is 0.216 e. The Bertz CT molecular complexity index is 665. The molecule has 0 N–H and O–H groups in total. The van der Waals surface area contributed by atoms with E-state index in [0.717, 1.165) is 16.4 Å². The zero-order valence-corrected chi connectivity index (χ0v) is 10.4. The van der Waals surface area contributed by atoms with Crippen molar-refractivity contribution in [2.45, 2.75) is 11.3 Å². The molecule has 1 aliphatic rings. The monoisotopic (exact) mass is 257 g/mol. The molecular weight excluding hydrogens is 246 g/mol. The van der Waals surface area contributed by atoms with Crippen molar-refractivity contribution in [3.05, 3.63) is 65.1 Å². The van der Waals surface area contributed by atoms with Gasteiger partial charge in [-0.25, -0.2) is 9.98 Å². The van der Waals surface area contributed by atoms with E-state index in [1.807, 2.05) is 42.5 Å². The largest absolute Gasteiger partial charge is 0.260 e. The molecule has 5 heteroatoms. The van der Waals surface area contributed by atoms with Gasteiger partial charge in [-0.05, 0) is 24.3 Å². The van der Waals surface area contributed by atoms with Crippen LogP contribution < -0.4 is 10.7 Å². The molecule has 2 aromatic rings. The highest BCUT2D eigenvalue weighted by atomic mass is 32.2. The quantitative estimate of drug-likeness (QED) is 0.807. The first-order valence-corrected chi connectivity index (χ1v) is 6.99. The number of benzene rings is 1. The average Bonchev–Trinajstić information content (AvgIpc) is 2.84. The summed E-state index contributed by atoms with van der Waals surface area (Å²) < 4.78 is 12.2. The van der Waals surface area contributed by atoms with E-state index < -0.39 is 16.3 Å². The lowest BCUT2D eigenvalue weighted by molar-refractivity contribution is 0.671. The lowest BCUT2D eigenvalue weighted by Gasteiger charge is -2.03. The van der Waals surface area contributed by atoms with Crippen molar-refractivity contribution in [1.29, 1.82) is 0 Å². The minimum atomic E-state index is -1.17. The van der Waals surface area contributed by atoms with Gasteiger partial charge >= 0.3 is 0 Å². The molecule has 0 bridgehead atoms. The van der Waals surface area contributed by atoms with Gasteiger partial charge in [-0.2, -0.15) is 0 Å². The number of para-hydroxylation sites is 2. The van der Waals surface area contributed by atoms with E-state index >= 15 is 0 Å². The fourth-order valence-corrected chi connectivity index (χ4v) is 2.84. The standard InChI is InChI=1S/C13H11N3OS/c17-18(9-10-5-3-4-8-14-10)13-15-11-6-1-2-7-12(11)16-13/h1-8,13H,9H2. The van der Waals surface area contributed by atoms with E-state index in [9.17, 15) is 4.21 Å². The third-order valence-corrected chi connectivity index (χ3v) is 3.89. The summed E-state index contributed by atoms with van der Waals surface area (Å²) in [5, 5.41) is 1.63. The topological polar surface area (TPSA) is 54.7 Å².